The molecule has 1 rings (SSSR count). The van der Waals surface area contributed by atoms with Crippen molar-refractivity contribution in [3.8, 4) is 0 Å². The van der Waals surface area contributed by atoms with Crippen LogP contribution in [0.2, 0.25) is 0 Å². The van der Waals surface area contributed by atoms with Gasteiger partial charge in [-0.05, 0) is 6.42 Å². The fourth-order valence-electron chi connectivity index (χ4n) is 1.36. The second-order valence-electron chi connectivity index (χ2n) is 5.36. The first-order chi connectivity index (χ1) is 8.34. The Hall–Kier alpha value is -1.01. The van der Waals surface area contributed by atoms with Gasteiger partial charge in [0.2, 0.25) is 5.91 Å². The van der Waals surface area contributed by atoms with E-state index in [1.165, 1.54) is 11.3 Å². The van der Waals surface area contributed by atoms with Crippen LogP contribution in [-0.2, 0) is 16.8 Å². The van der Waals surface area contributed by atoms with Crippen LogP contribution < -0.4 is 11.1 Å². The lowest BCUT2D eigenvalue weighted by molar-refractivity contribution is -0.122. The topological polar surface area (TPSA) is 80.9 Å². The van der Waals surface area contributed by atoms with Crippen LogP contribution >= 0.6 is 11.3 Å². The minimum Gasteiger partial charge on any atom is -0.348 e. The quantitative estimate of drug-likeness (QED) is 0.851. The molecule has 0 saturated heterocycles. The molecule has 6 heteroatoms. The molecule has 0 spiro atoms. The molecule has 0 radical (unpaired) electrons. The monoisotopic (exact) mass is 270 g/mol. The first-order valence-corrected chi connectivity index (χ1v) is 7.02. The zero-order valence-electron chi connectivity index (χ0n) is 11.5. The zero-order chi connectivity index (χ0) is 13.8. The number of nitrogens with zero attached hydrogens (tertiary/aromatic N) is 2. The normalized spacial score (nSPS) is 13.4. The fourth-order valence-corrected chi connectivity index (χ4v) is 2.20. The van der Waals surface area contributed by atoms with E-state index in [2.05, 4.69) is 36.3 Å². The SMILES string of the molecule is CCCC(N)C(=O)NCc1nnc(C(C)(C)C)s1. The average Bonchev–Trinajstić information content (AvgIpc) is 2.74. The van der Waals surface area contributed by atoms with Crippen LogP contribution in [0.5, 0.6) is 0 Å². The summed E-state index contributed by atoms with van der Waals surface area (Å²) in [6.45, 7) is 8.69. The average molecular weight is 270 g/mol. The molecule has 18 heavy (non-hydrogen) atoms. The highest BCUT2D eigenvalue weighted by Crippen LogP contribution is 2.25. The van der Waals surface area contributed by atoms with Gasteiger partial charge in [-0.1, -0.05) is 45.5 Å². The Morgan fingerprint density at radius 2 is 2.11 bits per heavy atom. The summed E-state index contributed by atoms with van der Waals surface area (Å²) < 4.78 is 0. The molecule has 3 N–H and O–H groups in total. The number of rotatable bonds is 5. The molecule has 0 aliphatic carbocycles. The summed E-state index contributed by atoms with van der Waals surface area (Å²) >= 11 is 1.53. The summed E-state index contributed by atoms with van der Waals surface area (Å²) in [5.41, 5.74) is 5.72. The first kappa shape index (κ1) is 15.0. The molecule has 0 aliphatic rings. The third kappa shape index (κ3) is 4.34. The van der Waals surface area contributed by atoms with Crippen LogP contribution in [0, 0.1) is 0 Å². The summed E-state index contributed by atoms with van der Waals surface area (Å²) in [5, 5.41) is 12.8. The maximum Gasteiger partial charge on any atom is 0.237 e. The van der Waals surface area contributed by atoms with E-state index in [0.29, 0.717) is 13.0 Å². The van der Waals surface area contributed by atoms with Gasteiger partial charge in [-0.15, -0.1) is 10.2 Å². The molecule has 0 aromatic carbocycles. The minimum atomic E-state index is -0.426. The molecule has 1 atom stereocenters. The Bertz CT molecular complexity index is 397. The highest BCUT2D eigenvalue weighted by Gasteiger charge is 2.19. The molecular weight excluding hydrogens is 248 g/mol. The molecule has 0 fully saturated rings. The summed E-state index contributed by atoms with van der Waals surface area (Å²) in [6, 6.07) is -0.426. The maximum atomic E-state index is 11.6. The third-order valence-corrected chi connectivity index (χ3v) is 3.81. The Morgan fingerprint density at radius 1 is 1.44 bits per heavy atom. The van der Waals surface area contributed by atoms with Gasteiger partial charge in [0.15, 0.2) is 0 Å². The predicted octanol–water partition coefficient (Wildman–Crippen LogP) is 1.58. The Kier molecular flexibility index (Phi) is 5.22. The van der Waals surface area contributed by atoms with Gasteiger partial charge in [0.05, 0.1) is 12.6 Å². The first-order valence-electron chi connectivity index (χ1n) is 6.20. The largest absolute Gasteiger partial charge is 0.348 e. The van der Waals surface area contributed by atoms with E-state index in [0.717, 1.165) is 16.4 Å². The lowest BCUT2D eigenvalue weighted by atomic mass is 9.98. The molecule has 5 nitrogen and oxygen atoms in total. The summed E-state index contributed by atoms with van der Waals surface area (Å²) in [7, 11) is 0. The smallest absolute Gasteiger partial charge is 0.237 e. The van der Waals surface area contributed by atoms with Crippen molar-refractivity contribution in [2.24, 2.45) is 5.73 Å². The number of nitrogens with one attached hydrogen (secondary N) is 1. The van der Waals surface area contributed by atoms with E-state index >= 15 is 0 Å². The van der Waals surface area contributed by atoms with Crippen LogP contribution in [0.4, 0.5) is 0 Å². The predicted molar refractivity (Wildman–Crippen MR) is 73.3 cm³/mol. The molecule has 1 unspecified atom stereocenters. The van der Waals surface area contributed by atoms with Gasteiger partial charge in [0.1, 0.15) is 10.0 Å². The summed E-state index contributed by atoms with van der Waals surface area (Å²) in [6.07, 6.45) is 1.61. The summed E-state index contributed by atoms with van der Waals surface area (Å²) in [5.74, 6) is -0.121. The molecule has 1 aromatic rings. The van der Waals surface area contributed by atoms with Crippen molar-refractivity contribution in [2.75, 3.05) is 0 Å². The van der Waals surface area contributed by atoms with Crippen molar-refractivity contribution >= 4 is 17.2 Å². The standard InChI is InChI=1S/C12H22N4OS/c1-5-6-8(13)10(17)14-7-9-15-16-11(18-9)12(2,3)4/h8H,5-7,13H2,1-4H3,(H,14,17). The molecule has 1 heterocycles. The number of nitrogens with two attached hydrogens (primary N) is 1. The van der Waals surface area contributed by atoms with Gasteiger partial charge in [0, 0.05) is 5.41 Å². The van der Waals surface area contributed by atoms with Crippen molar-refractivity contribution in [2.45, 2.75) is 58.5 Å². The molecule has 1 aromatic heterocycles. The van der Waals surface area contributed by atoms with Gasteiger partial charge in [0.25, 0.3) is 0 Å². The second kappa shape index (κ2) is 6.24. The van der Waals surface area contributed by atoms with E-state index in [1.54, 1.807) is 0 Å². The van der Waals surface area contributed by atoms with E-state index < -0.39 is 6.04 Å². The van der Waals surface area contributed by atoms with Crippen LogP contribution in [0.25, 0.3) is 0 Å². The van der Waals surface area contributed by atoms with Crippen LogP contribution in [0.15, 0.2) is 0 Å². The van der Waals surface area contributed by atoms with Gasteiger partial charge >= 0.3 is 0 Å². The number of carbonyl (C=O) groups excluding carboxylic acids is 1. The third-order valence-electron chi connectivity index (χ3n) is 2.46. The van der Waals surface area contributed by atoms with Gasteiger partial charge in [-0.25, -0.2) is 0 Å². The molecule has 0 aliphatic heterocycles. The lowest BCUT2D eigenvalue weighted by Crippen LogP contribution is -2.40. The van der Waals surface area contributed by atoms with Crippen molar-refractivity contribution in [3.05, 3.63) is 10.0 Å². The zero-order valence-corrected chi connectivity index (χ0v) is 12.3. The molecule has 0 saturated carbocycles. The number of carbonyl (C=O) groups is 1. The highest BCUT2D eigenvalue weighted by atomic mass is 32.1. The maximum absolute atomic E-state index is 11.6. The minimum absolute atomic E-state index is 0.00145. The van der Waals surface area contributed by atoms with Crippen LogP contribution in [-0.4, -0.2) is 22.1 Å². The molecule has 1 amide bonds. The van der Waals surface area contributed by atoms with Crippen molar-refractivity contribution in [1.82, 2.24) is 15.5 Å². The Labute approximate surface area is 112 Å². The van der Waals surface area contributed by atoms with Gasteiger partial charge in [-0.3, -0.25) is 4.79 Å². The van der Waals surface area contributed by atoms with E-state index in [-0.39, 0.29) is 11.3 Å². The van der Waals surface area contributed by atoms with Crippen LogP contribution in [0.3, 0.4) is 0 Å². The van der Waals surface area contributed by atoms with Crippen molar-refractivity contribution in [3.63, 3.8) is 0 Å². The van der Waals surface area contributed by atoms with Crippen LogP contribution in [0.1, 0.15) is 50.6 Å². The second-order valence-corrected chi connectivity index (χ2v) is 6.43. The number of hydrogen-bond acceptors (Lipinski definition) is 5. The van der Waals surface area contributed by atoms with Crippen molar-refractivity contribution in [1.29, 1.82) is 0 Å². The van der Waals surface area contributed by atoms with E-state index in [9.17, 15) is 4.79 Å². The lowest BCUT2D eigenvalue weighted by Gasteiger charge is -2.12. The molecule has 0 bridgehead atoms. The molecule has 102 valence electrons. The van der Waals surface area contributed by atoms with Gasteiger partial charge < -0.3 is 11.1 Å². The Balaban J connectivity index is 2.49. The Morgan fingerprint density at radius 3 is 2.61 bits per heavy atom. The number of hydrogen-bond donors (Lipinski definition) is 2. The highest BCUT2D eigenvalue weighted by molar-refractivity contribution is 7.11. The number of aromatic nitrogens is 2. The number of amides is 1. The van der Waals surface area contributed by atoms with Crippen molar-refractivity contribution < 1.29 is 4.79 Å². The van der Waals surface area contributed by atoms with E-state index in [1.807, 2.05) is 6.92 Å². The van der Waals surface area contributed by atoms with Gasteiger partial charge in [-0.2, -0.15) is 0 Å². The summed E-state index contributed by atoms with van der Waals surface area (Å²) in [4.78, 5) is 11.6. The van der Waals surface area contributed by atoms with E-state index in [4.69, 9.17) is 5.73 Å². The fraction of sp³-hybridized carbons (Fsp3) is 0.750. The molecular formula is C12H22N4OS.